The second-order valence-electron chi connectivity index (χ2n) is 6.17. The van der Waals surface area contributed by atoms with E-state index in [0.717, 1.165) is 30.8 Å². The average Bonchev–Trinajstić information content (AvgIpc) is 2.48. The summed E-state index contributed by atoms with van der Waals surface area (Å²) >= 11 is 0. The first-order chi connectivity index (χ1) is 10.1. The minimum absolute atomic E-state index is 0.132. The van der Waals surface area contributed by atoms with Gasteiger partial charge in [0.25, 0.3) is 0 Å². The molecule has 0 aromatic heterocycles. The van der Waals surface area contributed by atoms with Gasteiger partial charge in [-0.2, -0.15) is 0 Å². The van der Waals surface area contributed by atoms with Gasteiger partial charge in [-0.15, -0.1) is 0 Å². The van der Waals surface area contributed by atoms with E-state index in [1.54, 1.807) is 13.2 Å². The highest BCUT2D eigenvalue weighted by molar-refractivity contribution is 5.29. The molecule has 1 aliphatic rings. The molecule has 118 valence electrons. The molecule has 0 aliphatic carbocycles. The molecule has 1 aromatic rings. The van der Waals surface area contributed by atoms with Crippen LogP contribution < -0.4 is 4.74 Å². The third-order valence-corrected chi connectivity index (χ3v) is 4.28. The van der Waals surface area contributed by atoms with Crippen LogP contribution in [0.2, 0.25) is 0 Å². The van der Waals surface area contributed by atoms with E-state index in [2.05, 4.69) is 23.9 Å². The zero-order chi connectivity index (χ0) is 15.2. The number of halogens is 1. The molecule has 1 fully saturated rings. The molecule has 1 aromatic carbocycles. The summed E-state index contributed by atoms with van der Waals surface area (Å²) in [5.41, 5.74) is 0.742. The highest BCUT2D eigenvalue weighted by Gasteiger charge is 2.23. The van der Waals surface area contributed by atoms with Gasteiger partial charge in [-0.25, -0.2) is 4.39 Å². The van der Waals surface area contributed by atoms with Gasteiger partial charge in [0, 0.05) is 18.2 Å². The maximum absolute atomic E-state index is 14.0. The molecular formula is C17H27FN2O. The van der Waals surface area contributed by atoms with Crippen LogP contribution >= 0.6 is 0 Å². The van der Waals surface area contributed by atoms with Crippen molar-refractivity contribution in [2.24, 2.45) is 0 Å². The third kappa shape index (κ3) is 4.68. The molecule has 2 rings (SSSR count). The molecule has 0 amide bonds. The zero-order valence-corrected chi connectivity index (χ0v) is 13.4. The normalized spacial score (nSPS) is 20.0. The Bertz CT molecular complexity index is 450. The number of hydrogen-bond donors (Lipinski definition) is 0. The summed E-state index contributed by atoms with van der Waals surface area (Å²) in [6.07, 6.45) is 4.87. The van der Waals surface area contributed by atoms with Gasteiger partial charge >= 0.3 is 0 Å². The van der Waals surface area contributed by atoms with Crippen LogP contribution in [0.4, 0.5) is 4.39 Å². The van der Waals surface area contributed by atoms with Crippen LogP contribution in [0.3, 0.4) is 0 Å². The lowest BCUT2D eigenvalue weighted by molar-refractivity contribution is 0.123. The topological polar surface area (TPSA) is 15.7 Å². The van der Waals surface area contributed by atoms with Gasteiger partial charge in [-0.3, -0.25) is 4.90 Å². The summed E-state index contributed by atoms with van der Waals surface area (Å²) in [4.78, 5) is 4.66. The average molecular weight is 294 g/mol. The SMILES string of the molecule is COc1ccc(F)c(CN2CCCC[C@H]2CCN(C)C)c1. The van der Waals surface area contributed by atoms with Gasteiger partial charge in [0.2, 0.25) is 0 Å². The number of rotatable bonds is 6. The van der Waals surface area contributed by atoms with Crippen molar-refractivity contribution in [1.29, 1.82) is 0 Å². The number of benzene rings is 1. The van der Waals surface area contributed by atoms with E-state index in [9.17, 15) is 4.39 Å². The van der Waals surface area contributed by atoms with Crippen molar-refractivity contribution in [1.82, 2.24) is 9.80 Å². The van der Waals surface area contributed by atoms with Crippen molar-refractivity contribution in [3.05, 3.63) is 29.6 Å². The fraction of sp³-hybridized carbons (Fsp3) is 0.647. The number of hydrogen-bond acceptors (Lipinski definition) is 3. The summed E-state index contributed by atoms with van der Waals surface area (Å²) < 4.78 is 19.2. The fourth-order valence-corrected chi connectivity index (χ4v) is 3.02. The van der Waals surface area contributed by atoms with Crippen LogP contribution in [0.15, 0.2) is 18.2 Å². The number of piperidine rings is 1. The molecule has 21 heavy (non-hydrogen) atoms. The molecule has 0 radical (unpaired) electrons. The molecular weight excluding hydrogens is 267 g/mol. The van der Waals surface area contributed by atoms with Crippen molar-refractivity contribution in [3.8, 4) is 5.75 Å². The van der Waals surface area contributed by atoms with E-state index in [1.807, 2.05) is 6.07 Å². The maximum atomic E-state index is 14.0. The minimum atomic E-state index is -0.132. The monoisotopic (exact) mass is 294 g/mol. The predicted octanol–water partition coefficient (Wildman–Crippen LogP) is 3.14. The molecule has 1 saturated heterocycles. The molecule has 0 N–H and O–H groups in total. The van der Waals surface area contributed by atoms with Crippen LogP contribution in [0, 0.1) is 5.82 Å². The van der Waals surface area contributed by atoms with Crippen LogP contribution in [-0.4, -0.2) is 50.1 Å². The lowest BCUT2D eigenvalue weighted by Crippen LogP contribution is -2.40. The minimum Gasteiger partial charge on any atom is -0.497 e. The van der Waals surface area contributed by atoms with Gasteiger partial charge in [0.05, 0.1) is 7.11 Å². The van der Waals surface area contributed by atoms with E-state index < -0.39 is 0 Å². The van der Waals surface area contributed by atoms with Crippen molar-refractivity contribution in [2.45, 2.75) is 38.3 Å². The van der Waals surface area contributed by atoms with Crippen LogP contribution in [0.5, 0.6) is 5.75 Å². The van der Waals surface area contributed by atoms with Gasteiger partial charge < -0.3 is 9.64 Å². The fourth-order valence-electron chi connectivity index (χ4n) is 3.02. The summed E-state index contributed by atoms with van der Waals surface area (Å²) in [7, 11) is 5.83. The maximum Gasteiger partial charge on any atom is 0.127 e. The molecule has 1 aliphatic heterocycles. The molecule has 0 bridgehead atoms. The summed E-state index contributed by atoms with van der Waals surface area (Å²) in [5, 5.41) is 0. The summed E-state index contributed by atoms with van der Waals surface area (Å²) in [6, 6.07) is 5.57. The number of nitrogens with zero attached hydrogens (tertiary/aromatic N) is 2. The molecule has 4 heteroatoms. The van der Waals surface area contributed by atoms with E-state index in [4.69, 9.17) is 4.74 Å². The Hall–Kier alpha value is -1.13. The Morgan fingerprint density at radius 1 is 1.33 bits per heavy atom. The van der Waals surface area contributed by atoms with Crippen LogP contribution in [0.1, 0.15) is 31.2 Å². The van der Waals surface area contributed by atoms with E-state index in [0.29, 0.717) is 12.6 Å². The Balaban J connectivity index is 2.04. The first kappa shape index (κ1) is 16.2. The lowest BCUT2D eigenvalue weighted by Gasteiger charge is -2.36. The Labute approximate surface area is 127 Å². The lowest BCUT2D eigenvalue weighted by atomic mass is 9.98. The van der Waals surface area contributed by atoms with E-state index in [-0.39, 0.29) is 5.82 Å². The molecule has 0 unspecified atom stereocenters. The number of likely N-dealkylation sites (tertiary alicyclic amines) is 1. The standard InChI is InChI=1S/C17H27FN2O/c1-19(2)11-9-15-6-4-5-10-20(15)13-14-12-16(21-3)7-8-17(14)18/h7-8,12,15H,4-6,9-11,13H2,1-3H3/t15-/m0/s1. The van der Waals surface area contributed by atoms with Gasteiger partial charge in [0.1, 0.15) is 11.6 Å². The van der Waals surface area contributed by atoms with Crippen molar-refractivity contribution in [2.75, 3.05) is 34.3 Å². The third-order valence-electron chi connectivity index (χ3n) is 4.28. The summed E-state index contributed by atoms with van der Waals surface area (Å²) in [6.45, 7) is 2.83. The Morgan fingerprint density at radius 3 is 2.86 bits per heavy atom. The Morgan fingerprint density at radius 2 is 2.14 bits per heavy atom. The van der Waals surface area contributed by atoms with Crippen molar-refractivity contribution < 1.29 is 9.13 Å². The zero-order valence-electron chi connectivity index (χ0n) is 13.4. The first-order valence-electron chi connectivity index (χ1n) is 7.81. The highest BCUT2D eigenvalue weighted by Crippen LogP contribution is 2.24. The smallest absolute Gasteiger partial charge is 0.127 e. The first-order valence-corrected chi connectivity index (χ1v) is 7.81. The van der Waals surface area contributed by atoms with Crippen molar-refractivity contribution >= 4 is 0 Å². The Kier molecular flexibility index (Phi) is 6.00. The van der Waals surface area contributed by atoms with Gasteiger partial charge in [-0.1, -0.05) is 6.42 Å². The van der Waals surface area contributed by atoms with Gasteiger partial charge in [0.15, 0.2) is 0 Å². The number of ether oxygens (including phenoxy) is 1. The molecule has 0 saturated carbocycles. The van der Waals surface area contributed by atoms with Crippen LogP contribution in [-0.2, 0) is 6.54 Å². The second-order valence-corrected chi connectivity index (χ2v) is 6.17. The predicted molar refractivity (Wildman–Crippen MR) is 84.2 cm³/mol. The molecule has 1 atom stereocenters. The van der Waals surface area contributed by atoms with Crippen molar-refractivity contribution in [3.63, 3.8) is 0 Å². The van der Waals surface area contributed by atoms with E-state index >= 15 is 0 Å². The second kappa shape index (κ2) is 7.76. The largest absolute Gasteiger partial charge is 0.497 e. The number of methoxy groups -OCH3 is 1. The van der Waals surface area contributed by atoms with Gasteiger partial charge in [-0.05, 0) is 64.6 Å². The molecule has 1 heterocycles. The highest BCUT2D eigenvalue weighted by atomic mass is 19.1. The quantitative estimate of drug-likeness (QED) is 0.801. The van der Waals surface area contributed by atoms with Crippen LogP contribution in [0.25, 0.3) is 0 Å². The molecule has 3 nitrogen and oxygen atoms in total. The molecule has 0 spiro atoms. The van der Waals surface area contributed by atoms with E-state index in [1.165, 1.54) is 25.3 Å². The summed E-state index contributed by atoms with van der Waals surface area (Å²) in [5.74, 6) is 0.598.